The van der Waals surface area contributed by atoms with Gasteiger partial charge in [0.05, 0.1) is 7.11 Å². The fraction of sp³-hybridized carbons (Fsp3) is 0.500. The quantitative estimate of drug-likeness (QED) is 0.352. The number of rotatable bonds is 8. The van der Waals surface area contributed by atoms with E-state index in [-0.39, 0.29) is 18.9 Å². The first-order valence-corrected chi connectivity index (χ1v) is 15.3. The number of nitrogens with zero attached hydrogens (tertiary/aromatic N) is 1. The van der Waals surface area contributed by atoms with Crippen LogP contribution in [0.3, 0.4) is 0 Å². The third kappa shape index (κ3) is 6.22. The normalized spacial score (nSPS) is 22.7. The highest BCUT2D eigenvalue weighted by Crippen LogP contribution is 2.53. The van der Waals surface area contributed by atoms with Crippen molar-refractivity contribution in [3.63, 3.8) is 0 Å². The summed E-state index contributed by atoms with van der Waals surface area (Å²) in [5.41, 5.74) is 1.07. The molecule has 3 atom stereocenters. The molecule has 1 fully saturated rings. The Morgan fingerprint density at radius 3 is 2.19 bits per heavy atom. The number of alkyl halides is 3. The Hall–Kier alpha value is -2.56. The SMILES string of the molecule is COc1ccc(C2O[C@@](O[Si](C)(C)C)(C(F)(F)F)C(CC(C)C)N2C(=O)OCc2ccccc2)cc1. The number of methoxy groups -OCH3 is 1. The molecular weight excluding hydrogens is 491 g/mol. The molecule has 2 aromatic rings. The summed E-state index contributed by atoms with van der Waals surface area (Å²) in [5, 5.41) is 0. The lowest BCUT2D eigenvalue weighted by Gasteiger charge is -2.41. The van der Waals surface area contributed by atoms with E-state index < -0.39 is 38.6 Å². The van der Waals surface area contributed by atoms with E-state index >= 15 is 0 Å². The Balaban J connectivity index is 2.10. The summed E-state index contributed by atoms with van der Waals surface area (Å²) < 4.78 is 67.1. The third-order valence-electron chi connectivity index (χ3n) is 5.68. The lowest BCUT2D eigenvalue weighted by atomic mass is 9.95. The molecule has 0 saturated carbocycles. The Bertz CT molecular complexity index is 1010. The third-order valence-corrected chi connectivity index (χ3v) is 6.59. The van der Waals surface area contributed by atoms with Crippen LogP contribution >= 0.6 is 0 Å². The zero-order chi connectivity index (χ0) is 26.7. The Labute approximate surface area is 211 Å². The van der Waals surface area contributed by atoms with Gasteiger partial charge in [0, 0.05) is 5.56 Å². The van der Waals surface area contributed by atoms with Crippen LogP contribution in [0.5, 0.6) is 5.75 Å². The lowest BCUT2D eigenvalue weighted by molar-refractivity contribution is -0.354. The van der Waals surface area contributed by atoms with Crippen LogP contribution in [-0.2, 0) is 20.5 Å². The van der Waals surface area contributed by atoms with Gasteiger partial charge in [-0.3, -0.25) is 4.90 Å². The number of carbonyl (C=O) groups excluding carboxylic acids is 1. The van der Waals surface area contributed by atoms with Gasteiger partial charge in [0.1, 0.15) is 18.4 Å². The van der Waals surface area contributed by atoms with E-state index in [0.29, 0.717) is 16.9 Å². The molecule has 0 aliphatic carbocycles. The lowest BCUT2D eigenvalue weighted by Crippen LogP contribution is -2.61. The monoisotopic (exact) mass is 525 g/mol. The summed E-state index contributed by atoms with van der Waals surface area (Å²) in [6.07, 6.45) is -7.19. The van der Waals surface area contributed by atoms with Gasteiger partial charge in [-0.15, -0.1) is 0 Å². The molecule has 0 bridgehead atoms. The van der Waals surface area contributed by atoms with E-state index in [1.54, 1.807) is 82.0 Å². The van der Waals surface area contributed by atoms with E-state index in [1.807, 2.05) is 6.07 Å². The first kappa shape index (κ1) is 28.0. The maximum Gasteiger partial charge on any atom is 0.444 e. The van der Waals surface area contributed by atoms with Gasteiger partial charge in [-0.25, -0.2) is 4.79 Å². The van der Waals surface area contributed by atoms with Crippen molar-refractivity contribution in [2.75, 3.05) is 7.11 Å². The minimum absolute atomic E-state index is 0.00290. The highest BCUT2D eigenvalue weighted by molar-refractivity contribution is 6.69. The predicted molar refractivity (Wildman–Crippen MR) is 132 cm³/mol. The van der Waals surface area contributed by atoms with E-state index in [0.717, 1.165) is 4.90 Å². The standard InChI is InChI=1S/C26H34F3NO5Si/c1-18(2)16-22-25(26(27,28)29,35-36(4,5)6)34-23(20-12-14-21(32-3)15-13-20)30(22)24(31)33-17-19-10-8-7-9-11-19/h7-15,18,22-23H,16-17H2,1-6H3/t22?,23?,25-/m0/s1. The second kappa shape index (κ2) is 10.8. The molecule has 3 rings (SSSR count). The van der Waals surface area contributed by atoms with Crippen molar-refractivity contribution < 1.29 is 36.6 Å². The molecule has 1 aliphatic rings. The molecular formula is C26H34F3NO5Si. The molecule has 0 spiro atoms. The topological polar surface area (TPSA) is 57.2 Å². The molecule has 36 heavy (non-hydrogen) atoms. The van der Waals surface area contributed by atoms with Gasteiger partial charge in [0.25, 0.3) is 5.79 Å². The van der Waals surface area contributed by atoms with Crippen molar-refractivity contribution in [2.45, 2.75) is 70.7 Å². The zero-order valence-electron chi connectivity index (χ0n) is 21.5. The second-order valence-corrected chi connectivity index (χ2v) is 14.6. The molecule has 1 saturated heterocycles. The first-order valence-electron chi connectivity index (χ1n) is 11.8. The van der Waals surface area contributed by atoms with Gasteiger partial charge in [0.15, 0.2) is 14.5 Å². The fourth-order valence-corrected chi connectivity index (χ4v) is 5.45. The molecule has 10 heteroatoms. The summed E-state index contributed by atoms with van der Waals surface area (Å²) in [7, 11) is -1.33. The van der Waals surface area contributed by atoms with Gasteiger partial charge in [-0.2, -0.15) is 13.2 Å². The molecule has 1 heterocycles. The van der Waals surface area contributed by atoms with Crippen molar-refractivity contribution in [3.05, 3.63) is 65.7 Å². The molecule has 2 unspecified atom stereocenters. The summed E-state index contributed by atoms with van der Waals surface area (Å²) in [5.74, 6) is -2.67. The van der Waals surface area contributed by atoms with Gasteiger partial charge in [-0.1, -0.05) is 56.3 Å². The van der Waals surface area contributed by atoms with Crippen LogP contribution in [0.15, 0.2) is 54.6 Å². The molecule has 198 valence electrons. The number of hydrogen-bond acceptors (Lipinski definition) is 5. The molecule has 0 aromatic heterocycles. The Morgan fingerprint density at radius 1 is 1.08 bits per heavy atom. The number of halogens is 3. The van der Waals surface area contributed by atoms with Crippen molar-refractivity contribution in [3.8, 4) is 5.75 Å². The van der Waals surface area contributed by atoms with Crippen molar-refractivity contribution in [2.24, 2.45) is 5.92 Å². The van der Waals surface area contributed by atoms with Gasteiger partial charge < -0.3 is 18.6 Å². The number of amides is 1. The highest BCUT2D eigenvalue weighted by Gasteiger charge is 2.71. The van der Waals surface area contributed by atoms with Gasteiger partial charge in [0.2, 0.25) is 0 Å². The Morgan fingerprint density at radius 2 is 1.69 bits per heavy atom. The largest absolute Gasteiger partial charge is 0.497 e. The molecule has 1 amide bonds. The smallest absolute Gasteiger partial charge is 0.444 e. The molecule has 0 N–H and O–H groups in total. The van der Waals surface area contributed by atoms with Gasteiger partial charge >= 0.3 is 12.3 Å². The molecule has 6 nitrogen and oxygen atoms in total. The van der Waals surface area contributed by atoms with E-state index in [1.165, 1.54) is 7.11 Å². The molecule has 2 aromatic carbocycles. The number of benzene rings is 2. The summed E-state index contributed by atoms with van der Waals surface area (Å²) in [6.45, 7) is 8.49. The van der Waals surface area contributed by atoms with Crippen LogP contribution in [0, 0.1) is 5.92 Å². The van der Waals surface area contributed by atoms with Gasteiger partial charge in [-0.05, 0) is 49.7 Å². The highest BCUT2D eigenvalue weighted by atomic mass is 28.4. The van der Waals surface area contributed by atoms with E-state index in [2.05, 4.69) is 0 Å². The van der Waals surface area contributed by atoms with Crippen LogP contribution < -0.4 is 4.74 Å². The van der Waals surface area contributed by atoms with Crippen LogP contribution in [0.4, 0.5) is 18.0 Å². The molecule has 0 radical (unpaired) electrons. The van der Waals surface area contributed by atoms with E-state index in [4.69, 9.17) is 18.6 Å². The van der Waals surface area contributed by atoms with E-state index in [9.17, 15) is 18.0 Å². The average Bonchev–Trinajstić information content (AvgIpc) is 3.11. The summed E-state index contributed by atoms with van der Waals surface area (Å²) in [6, 6.07) is 13.9. The predicted octanol–water partition coefficient (Wildman–Crippen LogP) is 6.89. The summed E-state index contributed by atoms with van der Waals surface area (Å²) in [4.78, 5) is 14.5. The minimum atomic E-state index is -4.91. The van der Waals surface area contributed by atoms with Crippen LogP contribution in [0.1, 0.15) is 37.6 Å². The number of hydrogen-bond donors (Lipinski definition) is 0. The van der Waals surface area contributed by atoms with Crippen LogP contribution in [0.2, 0.25) is 19.6 Å². The number of carbonyl (C=O) groups is 1. The fourth-order valence-electron chi connectivity index (χ4n) is 4.24. The average molecular weight is 526 g/mol. The van der Waals surface area contributed by atoms with Crippen molar-refractivity contribution >= 4 is 14.4 Å². The van der Waals surface area contributed by atoms with Crippen LogP contribution in [-0.4, -0.2) is 44.4 Å². The minimum Gasteiger partial charge on any atom is -0.497 e. The second-order valence-electron chi connectivity index (χ2n) is 10.2. The zero-order valence-corrected chi connectivity index (χ0v) is 22.5. The Kier molecular flexibility index (Phi) is 8.42. The van der Waals surface area contributed by atoms with Crippen molar-refractivity contribution in [1.29, 1.82) is 0 Å². The summed E-state index contributed by atoms with van der Waals surface area (Å²) >= 11 is 0. The van der Waals surface area contributed by atoms with Crippen molar-refractivity contribution in [1.82, 2.24) is 4.90 Å². The number of ether oxygens (including phenoxy) is 3. The first-order chi connectivity index (χ1) is 16.8. The molecule has 1 aliphatic heterocycles. The van der Waals surface area contributed by atoms with Crippen LogP contribution in [0.25, 0.3) is 0 Å². The maximum absolute atomic E-state index is 14.9. The maximum atomic E-state index is 14.9.